The highest BCUT2D eigenvalue weighted by Crippen LogP contribution is 2.17. The smallest absolute Gasteiger partial charge is 0.215 e. The first-order valence-electron chi connectivity index (χ1n) is 5.30. The molecule has 0 saturated carbocycles. The molecule has 18 heavy (non-hydrogen) atoms. The van der Waals surface area contributed by atoms with Gasteiger partial charge >= 0.3 is 0 Å². The van der Waals surface area contributed by atoms with Gasteiger partial charge in [-0.25, -0.2) is 12.7 Å². The molecule has 6 nitrogen and oxygen atoms in total. The minimum absolute atomic E-state index is 0.0325. The highest BCUT2D eigenvalue weighted by atomic mass is 32.2. The number of nitrogens with two attached hydrogens (primary N) is 1. The fourth-order valence-electron chi connectivity index (χ4n) is 1.31. The van der Waals surface area contributed by atoms with Crippen LogP contribution in [0, 0.1) is 11.3 Å². The van der Waals surface area contributed by atoms with Gasteiger partial charge in [-0.05, 0) is 18.2 Å². The van der Waals surface area contributed by atoms with Gasteiger partial charge in [-0.3, -0.25) is 0 Å². The molecule has 0 saturated heterocycles. The molecule has 0 amide bonds. The normalized spacial score (nSPS) is 11.2. The van der Waals surface area contributed by atoms with Gasteiger partial charge in [0.25, 0.3) is 0 Å². The average molecular weight is 268 g/mol. The number of nitrogen functional groups attached to an aromatic ring is 1. The third kappa shape index (κ3) is 3.61. The van der Waals surface area contributed by atoms with E-state index in [1.165, 1.54) is 18.4 Å². The molecule has 0 spiro atoms. The highest BCUT2D eigenvalue weighted by molar-refractivity contribution is 7.89. The van der Waals surface area contributed by atoms with E-state index in [0.717, 1.165) is 0 Å². The molecule has 0 fully saturated rings. The Morgan fingerprint density at radius 2 is 2.11 bits per heavy atom. The maximum Gasteiger partial charge on any atom is 0.215 e. The van der Waals surface area contributed by atoms with E-state index in [-0.39, 0.29) is 12.3 Å². The summed E-state index contributed by atoms with van der Waals surface area (Å²) in [6.07, 6.45) is 0. The van der Waals surface area contributed by atoms with E-state index in [4.69, 9.17) is 11.0 Å². The van der Waals surface area contributed by atoms with E-state index in [0.29, 0.717) is 16.9 Å². The van der Waals surface area contributed by atoms with Gasteiger partial charge in [0.05, 0.1) is 17.0 Å². The van der Waals surface area contributed by atoms with Gasteiger partial charge in [0, 0.05) is 26.3 Å². The van der Waals surface area contributed by atoms with Crippen LogP contribution in [0.2, 0.25) is 0 Å². The van der Waals surface area contributed by atoms with Crippen LogP contribution in [0.25, 0.3) is 0 Å². The van der Waals surface area contributed by atoms with Crippen LogP contribution in [0.1, 0.15) is 5.56 Å². The van der Waals surface area contributed by atoms with Gasteiger partial charge in [0.2, 0.25) is 10.0 Å². The van der Waals surface area contributed by atoms with Crippen molar-refractivity contribution >= 4 is 21.4 Å². The summed E-state index contributed by atoms with van der Waals surface area (Å²) in [7, 11) is -0.262. The molecule has 3 N–H and O–H groups in total. The van der Waals surface area contributed by atoms with E-state index in [1.807, 2.05) is 6.07 Å². The predicted molar refractivity (Wildman–Crippen MR) is 71.5 cm³/mol. The molecule has 1 aromatic rings. The molecule has 7 heteroatoms. The molecule has 98 valence electrons. The molecule has 0 unspecified atom stereocenters. The van der Waals surface area contributed by atoms with Crippen LogP contribution >= 0.6 is 0 Å². The zero-order valence-electron chi connectivity index (χ0n) is 10.3. The number of hydrogen-bond donors (Lipinski definition) is 2. The van der Waals surface area contributed by atoms with Crippen molar-refractivity contribution < 1.29 is 8.42 Å². The van der Waals surface area contributed by atoms with Crippen LogP contribution in [0.3, 0.4) is 0 Å². The number of anilines is 2. The van der Waals surface area contributed by atoms with Crippen LogP contribution in [-0.2, 0) is 10.0 Å². The van der Waals surface area contributed by atoms with Crippen LogP contribution in [0.4, 0.5) is 11.4 Å². The van der Waals surface area contributed by atoms with E-state index in [2.05, 4.69) is 5.32 Å². The molecule has 0 radical (unpaired) electrons. The van der Waals surface area contributed by atoms with Crippen molar-refractivity contribution in [2.75, 3.05) is 37.4 Å². The third-order valence-corrected chi connectivity index (χ3v) is 4.23. The lowest BCUT2D eigenvalue weighted by Gasteiger charge is -2.12. The Kier molecular flexibility index (Phi) is 4.53. The molecule has 1 aromatic carbocycles. The Morgan fingerprint density at radius 1 is 1.44 bits per heavy atom. The molecule has 0 heterocycles. The van der Waals surface area contributed by atoms with E-state index in [1.54, 1.807) is 18.2 Å². The van der Waals surface area contributed by atoms with E-state index in [9.17, 15) is 8.42 Å². The SMILES string of the molecule is CN(C)S(=O)(=O)CCNc1ccc(N)cc1C#N. The second kappa shape index (κ2) is 5.71. The van der Waals surface area contributed by atoms with Gasteiger partial charge in [-0.2, -0.15) is 5.26 Å². The van der Waals surface area contributed by atoms with Crippen LogP contribution < -0.4 is 11.1 Å². The summed E-state index contributed by atoms with van der Waals surface area (Å²) in [5.41, 5.74) is 7.04. The molecular weight excluding hydrogens is 252 g/mol. The Balaban J connectivity index is 2.69. The number of rotatable bonds is 5. The van der Waals surface area contributed by atoms with Crippen molar-refractivity contribution in [3.63, 3.8) is 0 Å². The predicted octanol–water partition coefficient (Wildman–Crippen LogP) is 0.444. The van der Waals surface area contributed by atoms with E-state index < -0.39 is 10.0 Å². The summed E-state index contributed by atoms with van der Waals surface area (Å²) in [4.78, 5) is 0. The topological polar surface area (TPSA) is 99.2 Å². The highest BCUT2D eigenvalue weighted by Gasteiger charge is 2.13. The minimum atomic E-state index is -3.23. The largest absolute Gasteiger partial charge is 0.399 e. The van der Waals surface area contributed by atoms with Crippen LogP contribution in [-0.4, -0.2) is 39.1 Å². The standard InChI is InChI=1S/C11H16N4O2S/c1-15(2)18(16,17)6-5-14-11-4-3-10(13)7-9(11)8-12/h3-4,7,14H,5-6,13H2,1-2H3. The van der Waals surface area contributed by atoms with Crippen molar-refractivity contribution in [1.82, 2.24) is 4.31 Å². The molecule has 0 aromatic heterocycles. The lowest BCUT2D eigenvalue weighted by atomic mass is 10.2. The second-order valence-corrected chi connectivity index (χ2v) is 6.24. The lowest BCUT2D eigenvalue weighted by molar-refractivity contribution is 0.521. The van der Waals surface area contributed by atoms with Gasteiger partial charge in [-0.1, -0.05) is 0 Å². The fraction of sp³-hybridized carbons (Fsp3) is 0.364. The fourth-order valence-corrected chi connectivity index (χ4v) is 2.03. The van der Waals surface area contributed by atoms with Crippen molar-refractivity contribution in [2.24, 2.45) is 0 Å². The maximum atomic E-state index is 11.5. The maximum absolute atomic E-state index is 11.5. The summed E-state index contributed by atoms with van der Waals surface area (Å²) < 4.78 is 24.2. The number of nitrogens with zero attached hydrogens (tertiary/aromatic N) is 2. The molecule has 0 aliphatic carbocycles. The van der Waals surface area contributed by atoms with Crippen molar-refractivity contribution in [3.05, 3.63) is 23.8 Å². The van der Waals surface area contributed by atoms with Gasteiger partial charge in [-0.15, -0.1) is 0 Å². The van der Waals surface area contributed by atoms with Crippen LogP contribution in [0.15, 0.2) is 18.2 Å². The van der Waals surface area contributed by atoms with Gasteiger partial charge in [0.1, 0.15) is 6.07 Å². The first kappa shape index (κ1) is 14.3. The van der Waals surface area contributed by atoms with Crippen molar-refractivity contribution in [1.29, 1.82) is 5.26 Å². The van der Waals surface area contributed by atoms with Crippen molar-refractivity contribution in [2.45, 2.75) is 0 Å². The zero-order valence-corrected chi connectivity index (χ0v) is 11.2. The van der Waals surface area contributed by atoms with Crippen LogP contribution in [0.5, 0.6) is 0 Å². The van der Waals surface area contributed by atoms with Crippen molar-refractivity contribution in [3.8, 4) is 6.07 Å². The molecule has 0 atom stereocenters. The number of nitriles is 1. The Bertz CT molecular complexity index is 561. The average Bonchev–Trinajstić information content (AvgIpc) is 2.30. The lowest BCUT2D eigenvalue weighted by Crippen LogP contribution is -2.28. The summed E-state index contributed by atoms with van der Waals surface area (Å²) in [5.74, 6) is -0.0325. The molecule has 0 aliphatic heterocycles. The quantitative estimate of drug-likeness (QED) is 0.755. The first-order valence-corrected chi connectivity index (χ1v) is 6.91. The molecule has 0 bridgehead atoms. The first-order chi connectivity index (χ1) is 8.36. The number of sulfonamides is 1. The molecule has 1 rings (SSSR count). The second-order valence-electron chi connectivity index (χ2n) is 3.94. The van der Waals surface area contributed by atoms with Gasteiger partial charge < -0.3 is 11.1 Å². The zero-order chi connectivity index (χ0) is 13.8. The Morgan fingerprint density at radius 3 is 2.67 bits per heavy atom. The minimum Gasteiger partial charge on any atom is -0.399 e. The summed E-state index contributed by atoms with van der Waals surface area (Å²) >= 11 is 0. The van der Waals surface area contributed by atoms with Gasteiger partial charge in [0.15, 0.2) is 0 Å². The molecule has 0 aliphatic rings. The number of nitrogens with one attached hydrogen (secondary N) is 1. The Labute approximate surface area is 107 Å². The number of benzene rings is 1. The molecular formula is C11H16N4O2S. The summed E-state index contributed by atoms with van der Waals surface area (Å²) in [5, 5.41) is 11.8. The monoisotopic (exact) mass is 268 g/mol. The summed E-state index contributed by atoms with van der Waals surface area (Å²) in [6, 6.07) is 6.87. The number of hydrogen-bond acceptors (Lipinski definition) is 5. The van der Waals surface area contributed by atoms with E-state index >= 15 is 0 Å². The summed E-state index contributed by atoms with van der Waals surface area (Å²) in [6.45, 7) is 0.235. The third-order valence-electron chi connectivity index (χ3n) is 2.40. The Hall–Kier alpha value is -1.78.